The molecule has 0 aliphatic rings. The molecular weight excluding hydrogens is 350 g/mol. The Morgan fingerprint density at radius 2 is 1.82 bits per heavy atom. The summed E-state index contributed by atoms with van der Waals surface area (Å²) in [7, 11) is 3.48. The highest BCUT2D eigenvalue weighted by Crippen LogP contribution is 2.22. The lowest BCUT2D eigenvalue weighted by atomic mass is 10.1. The molecule has 0 saturated heterocycles. The lowest BCUT2D eigenvalue weighted by Gasteiger charge is -2.19. The summed E-state index contributed by atoms with van der Waals surface area (Å²) < 4.78 is 7.34. The number of carbonyl (C=O) groups is 1. The number of nitrogens with zero attached hydrogens (tertiary/aromatic N) is 3. The van der Waals surface area contributed by atoms with Crippen LogP contribution in [0.3, 0.4) is 0 Å². The molecule has 5 nitrogen and oxygen atoms in total. The van der Waals surface area contributed by atoms with Crippen molar-refractivity contribution in [2.24, 2.45) is 0 Å². The Labute approximate surface area is 166 Å². The van der Waals surface area contributed by atoms with Crippen molar-refractivity contribution in [3.05, 3.63) is 76.6 Å². The molecule has 0 N–H and O–H groups in total. The zero-order valence-electron chi connectivity index (χ0n) is 17.2. The molecule has 0 radical (unpaired) electrons. The Morgan fingerprint density at radius 3 is 2.50 bits per heavy atom. The predicted molar refractivity (Wildman–Crippen MR) is 111 cm³/mol. The number of benzene rings is 2. The summed E-state index contributed by atoms with van der Waals surface area (Å²) in [4.78, 5) is 14.6. The molecule has 0 spiro atoms. The first kappa shape index (κ1) is 19.7. The Balaban J connectivity index is 1.78. The maximum absolute atomic E-state index is 12.9. The average molecular weight is 377 g/mol. The predicted octanol–water partition coefficient (Wildman–Crippen LogP) is 4.01. The normalized spacial score (nSPS) is 10.8. The molecule has 3 aromatic rings. The maximum atomic E-state index is 12.9. The van der Waals surface area contributed by atoms with Gasteiger partial charge in [0.15, 0.2) is 0 Å². The van der Waals surface area contributed by atoms with Crippen LogP contribution in [0.25, 0.3) is 5.69 Å². The van der Waals surface area contributed by atoms with Gasteiger partial charge in [-0.25, -0.2) is 4.68 Å². The van der Waals surface area contributed by atoms with Gasteiger partial charge >= 0.3 is 0 Å². The van der Waals surface area contributed by atoms with E-state index in [1.807, 2.05) is 75.0 Å². The van der Waals surface area contributed by atoms with Crippen LogP contribution in [0.2, 0.25) is 0 Å². The SMILES string of the molecule is COc1ccc(C)cc1CN(C)C(=O)Cc1c(C)nn(-c2ccccc2)c1C. The molecule has 1 heterocycles. The van der Waals surface area contributed by atoms with E-state index in [9.17, 15) is 4.79 Å². The third-order valence-corrected chi connectivity index (χ3v) is 5.04. The number of carbonyl (C=O) groups excluding carboxylic acids is 1. The second kappa shape index (κ2) is 8.30. The van der Waals surface area contributed by atoms with E-state index in [0.717, 1.165) is 39.5 Å². The van der Waals surface area contributed by atoms with Crippen molar-refractivity contribution >= 4 is 5.91 Å². The standard InChI is InChI=1S/C23H27N3O2/c1-16-11-12-22(28-5)19(13-16)15-25(4)23(27)14-21-17(2)24-26(18(21)3)20-9-7-6-8-10-20/h6-13H,14-15H2,1-5H3. The molecule has 28 heavy (non-hydrogen) atoms. The molecule has 0 unspecified atom stereocenters. The van der Waals surface area contributed by atoms with E-state index < -0.39 is 0 Å². The molecule has 2 aromatic carbocycles. The van der Waals surface area contributed by atoms with Crippen molar-refractivity contribution in [2.45, 2.75) is 33.7 Å². The van der Waals surface area contributed by atoms with E-state index in [-0.39, 0.29) is 5.91 Å². The molecule has 0 aliphatic carbocycles. The van der Waals surface area contributed by atoms with E-state index >= 15 is 0 Å². The van der Waals surface area contributed by atoms with E-state index in [1.54, 1.807) is 12.0 Å². The summed E-state index contributed by atoms with van der Waals surface area (Å²) in [5.41, 5.74) is 6.02. The number of likely N-dealkylation sites (N-methyl/N-ethyl adjacent to an activating group) is 1. The first-order valence-electron chi connectivity index (χ1n) is 9.38. The van der Waals surface area contributed by atoms with Crippen molar-refractivity contribution < 1.29 is 9.53 Å². The number of methoxy groups -OCH3 is 1. The monoisotopic (exact) mass is 377 g/mol. The second-order valence-electron chi connectivity index (χ2n) is 7.14. The highest BCUT2D eigenvalue weighted by Gasteiger charge is 2.19. The molecule has 5 heteroatoms. The first-order valence-corrected chi connectivity index (χ1v) is 9.38. The molecule has 146 valence electrons. The molecular formula is C23H27N3O2. The van der Waals surface area contributed by atoms with Crippen molar-refractivity contribution in [1.82, 2.24) is 14.7 Å². The van der Waals surface area contributed by atoms with Crippen molar-refractivity contribution in [1.29, 1.82) is 0 Å². The van der Waals surface area contributed by atoms with Crippen LogP contribution in [0, 0.1) is 20.8 Å². The van der Waals surface area contributed by atoms with E-state index in [4.69, 9.17) is 4.74 Å². The van der Waals surface area contributed by atoms with Crippen LogP contribution in [0.5, 0.6) is 5.75 Å². The van der Waals surface area contributed by atoms with E-state index in [0.29, 0.717) is 13.0 Å². The van der Waals surface area contributed by atoms with Crippen LogP contribution in [0.15, 0.2) is 48.5 Å². The van der Waals surface area contributed by atoms with Gasteiger partial charge in [-0.15, -0.1) is 0 Å². The Morgan fingerprint density at radius 1 is 1.11 bits per heavy atom. The average Bonchev–Trinajstić information content (AvgIpc) is 2.97. The lowest BCUT2D eigenvalue weighted by molar-refractivity contribution is -0.129. The minimum absolute atomic E-state index is 0.0578. The van der Waals surface area contributed by atoms with E-state index in [1.165, 1.54) is 0 Å². The fourth-order valence-corrected chi connectivity index (χ4v) is 3.41. The third kappa shape index (κ3) is 4.09. The minimum Gasteiger partial charge on any atom is -0.496 e. The van der Waals surface area contributed by atoms with E-state index in [2.05, 4.69) is 11.2 Å². The molecule has 0 aliphatic heterocycles. The largest absolute Gasteiger partial charge is 0.496 e. The molecule has 0 bridgehead atoms. The highest BCUT2D eigenvalue weighted by atomic mass is 16.5. The van der Waals surface area contributed by atoms with Crippen LogP contribution in [-0.2, 0) is 17.8 Å². The van der Waals surface area contributed by atoms with Crippen LogP contribution >= 0.6 is 0 Å². The quantitative estimate of drug-likeness (QED) is 0.652. The number of hydrogen-bond donors (Lipinski definition) is 0. The highest BCUT2D eigenvalue weighted by molar-refractivity contribution is 5.79. The van der Waals surface area contributed by atoms with Crippen LogP contribution in [0.4, 0.5) is 0 Å². The Hall–Kier alpha value is -3.08. The van der Waals surface area contributed by atoms with Gasteiger partial charge in [-0.05, 0) is 39.0 Å². The van der Waals surface area contributed by atoms with Crippen LogP contribution < -0.4 is 4.74 Å². The summed E-state index contributed by atoms with van der Waals surface area (Å²) >= 11 is 0. The maximum Gasteiger partial charge on any atom is 0.227 e. The van der Waals surface area contributed by atoms with Crippen molar-refractivity contribution in [3.63, 3.8) is 0 Å². The third-order valence-electron chi connectivity index (χ3n) is 5.04. The molecule has 3 rings (SSSR count). The topological polar surface area (TPSA) is 47.4 Å². The summed E-state index contributed by atoms with van der Waals surface area (Å²) in [5, 5.41) is 4.64. The van der Waals surface area contributed by atoms with Gasteiger partial charge in [-0.3, -0.25) is 4.79 Å². The second-order valence-corrected chi connectivity index (χ2v) is 7.14. The number of hydrogen-bond acceptors (Lipinski definition) is 3. The van der Waals surface area contributed by atoms with Gasteiger partial charge in [0.05, 0.1) is 24.9 Å². The fourth-order valence-electron chi connectivity index (χ4n) is 3.41. The van der Waals surface area contributed by atoms with Gasteiger partial charge in [0.1, 0.15) is 5.75 Å². The van der Waals surface area contributed by atoms with Gasteiger partial charge in [0.25, 0.3) is 0 Å². The summed E-state index contributed by atoms with van der Waals surface area (Å²) in [6, 6.07) is 16.0. The molecule has 1 aromatic heterocycles. The molecule has 0 saturated carbocycles. The van der Waals surface area contributed by atoms with Gasteiger partial charge in [0, 0.05) is 30.4 Å². The van der Waals surface area contributed by atoms with Crippen LogP contribution in [-0.4, -0.2) is 34.7 Å². The smallest absolute Gasteiger partial charge is 0.227 e. The zero-order chi connectivity index (χ0) is 20.3. The first-order chi connectivity index (χ1) is 13.4. The lowest BCUT2D eigenvalue weighted by Crippen LogP contribution is -2.28. The minimum atomic E-state index is 0.0578. The summed E-state index contributed by atoms with van der Waals surface area (Å²) in [5.74, 6) is 0.858. The Kier molecular flexibility index (Phi) is 5.83. The number of aryl methyl sites for hydroxylation is 2. The van der Waals surface area contributed by atoms with Crippen LogP contribution in [0.1, 0.15) is 28.1 Å². The summed E-state index contributed by atoms with van der Waals surface area (Å²) in [6.45, 7) is 6.52. The van der Waals surface area contributed by atoms with Gasteiger partial charge in [0.2, 0.25) is 5.91 Å². The van der Waals surface area contributed by atoms with Gasteiger partial charge in [-0.1, -0.05) is 35.9 Å². The fraction of sp³-hybridized carbons (Fsp3) is 0.304. The van der Waals surface area contributed by atoms with Gasteiger partial charge < -0.3 is 9.64 Å². The van der Waals surface area contributed by atoms with Crippen molar-refractivity contribution in [3.8, 4) is 11.4 Å². The molecule has 1 amide bonds. The molecule has 0 atom stereocenters. The zero-order valence-corrected chi connectivity index (χ0v) is 17.2. The Bertz CT molecular complexity index is 977. The number of para-hydroxylation sites is 1. The molecule has 0 fully saturated rings. The number of ether oxygens (including phenoxy) is 1. The van der Waals surface area contributed by atoms with Gasteiger partial charge in [-0.2, -0.15) is 5.10 Å². The number of aromatic nitrogens is 2. The van der Waals surface area contributed by atoms with Crippen molar-refractivity contribution in [2.75, 3.05) is 14.2 Å². The summed E-state index contributed by atoms with van der Waals surface area (Å²) in [6.07, 6.45) is 0.329. The number of rotatable bonds is 6. The number of amides is 1.